The third-order valence-electron chi connectivity index (χ3n) is 2.81. The van der Waals surface area contributed by atoms with E-state index in [0.29, 0.717) is 17.2 Å². The number of amides is 1. The minimum Gasteiger partial charge on any atom is -0.454 e. The summed E-state index contributed by atoms with van der Waals surface area (Å²) >= 11 is 5.64. The van der Waals surface area contributed by atoms with E-state index in [9.17, 15) is 9.18 Å². The van der Waals surface area contributed by atoms with Gasteiger partial charge in [0.2, 0.25) is 6.79 Å². The average Bonchev–Trinajstić information content (AvgIpc) is 2.85. The molecule has 0 unspecified atom stereocenters. The van der Waals surface area contributed by atoms with E-state index in [1.165, 1.54) is 12.1 Å². The van der Waals surface area contributed by atoms with E-state index in [1.54, 1.807) is 18.2 Å². The Morgan fingerprint density at radius 2 is 1.95 bits per heavy atom. The van der Waals surface area contributed by atoms with Crippen molar-refractivity contribution in [3.8, 4) is 11.5 Å². The molecule has 2 aromatic rings. The zero-order valence-electron chi connectivity index (χ0n) is 10.2. The fourth-order valence-corrected chi connectivity index (χ4v) is 2.01. The number of benzene rings is 2. The number of carbonyl (C=O) groups is 1. The number of rotatable bonds is 2. The molecular formula is C14H9ClFNO3. The number of fused-ring (bicyclic) bond motifs is 1. The summed E-state index contributed by atoms with van der Waals surface area (Å²) in [6.45, 7) is 0.151. The molecule has 0 aromatic heterocycles. The number of anilines is 1. The fourth-order valence-electron chi connectivity index (χ4n) is 1.85. The number of nitrogens with one attached hydrogen (secondary N) is 1. The number of halogens is 2. The molecule has 0 spiro atoms. The normalized spacial score (nSPS) is 12.3. The molecule has 1 heterocycles. The highest BCUT2D eigenvalue weighted by Crippen LogP contribution is 2.34. The Morgan fingerprint density at radius 1 is 1.15 bits per heavy atom. The summed E-state index contributed by atoms with van der Waals surface area (Å²) in [5.41, 5.74) is 0.417. The third-order valence-corrected chi connectivity index (χ3v) is 3.04. The highest BCUT2D eigenvalue weighted by atomic mass is 35.5. The molecule has 6 heteroatoms. The van der Waals surface area contributed by atoms with Gasteiger partial charge in [0.1, 0.15) is 5.82 Å². The summed E-state index contributed by atoms with van der Waals surface area (Å²) in [7, 11) is 0. The lowest BCUT2D eigenvalue weighted by molar-refractivity contribution is 0.102. The summed E-state index contributed by atoms with van der Waals surface area (Å²) < 4.78 is 24.0. The first-order chi connectivity index (χ1) is 9.63. The second-order valence-corrected chi connectivity index (χ2v) is 4.58. The molecule has 20 heavy (non-hydrogen) atoms. The van der Waals surface area contributed by atoms with Crippen LogP contribution in [0.3, 0.4) is 0 Å². The molecule has 0 saturated carbocycles. The van der Waals surface area contributed by atoms with Crippen molar-refractivity contribution in [1.82, 2.24) is 0 Å². The molecule has 0 bridgehead atoms. The molecular weight excluding hydrogens is 285 g/mol. The van der Waals surface area contributed by atoms with E-state index >= 15 is 0 Å². The van der Waals surface area contributed by atoms with Gasteiger partial charge in [-0.1, -0.05) is 11.6 Å². The second kappa shape index (κ2) is 5.02. The topological polar surface area (TPSA) is 47.6 Å². The first-order valence-corrected chi connectivity index (χ1v) is 6.17. The van der Waals surface area contributed by atoms with Crippen LogP contribution in [-0.2, 0) is 0 Å². The predicted molar refractivity (Wildman–Crippen MR) is 71.9 cm³/mol. The van der Waals surface area contributed by atoms with Gasteiger partial charge in [-0.2, -0.15) is 0 Å². The predicted octanol–water partition coefficient (Wildman–Crippen LogP) is 3.46. The molecule has 0 aliphatic carbocycles. The van der Waals surface area contributed by atoms with E-state index in [4.69, 9.17) is 21.1 Å². The van der Waals surface area contributed by atoms with Gasteiger partial charge in [0.15, 0.2) is 11.5 Å². The third kappa shape index (κ3) is 2.40. The van der Waals surface area contributed by atoms with Crippen molar-refractivity contribution in [2.45, 2.75) is 0 Å². The van der Waals surface area contributed by atoms with Gasteiger partial charge in [0.05, 0.1) is 5.56 Å². The Bertz CT molecular complexity index is 690. The first kappa shape index (κ1) is 12.7. The van der Waals surface area contributed by atoms with E-state index in [-0.39, 0.29) is 17.4 Å². The highest BCUT2D eigenvalue weighted by Gasteiger charge is 2.16. The van der Waals surface area contributed by atoms with Gasteiger partial charge in [-0.15, -0.1) is 0 Å². The lowest BCUT2D eigenvalue weighted by Gasteiger charge is -2.07. The standard InChI is InChI=1S/C14H9ClFNO3/c15-8-1-3-10(11(16)5-8)14(18)17-9-2-4-12-13(6-9)20-7-19-12/h1-6H,7H2,(H,17,18). The maximum absolute atomic E-state index is 13.6. The van der Waals surface area contributed by atoms with E-state index in [0.717, 1.165) is 6.07 Å². The molecule has 1 aliphatic heterocycles. The van der Waals surface area contributed by atoms with Crippen molar-refractivity contribution in [1.29, 1.82) is 0 Å². The quantitative estimate of drug-likeness (QED) is 0.922. The molecule has 1 N–H and O–H groups in total. The zero-order chi connectivity index (χ0) is 14.1. The van der Waals surface area contributed by atoms with Crippen LogP contribution in [0.2, 0.25) is 5.02 Å². The Hall–Kier alpha value is -2.27. The molecule has 4 nitrogen and oxygen atoms in total. The molecule has 0 fully saturated rings. The smallest absolute Gasteiger partial charge is 0.258 e. The lowest BCUT2D eigenvalue weighted by Crippen LogP contribution is -2.13. The number of carbonyl (C=O) groups excluding carboxylic acids is 1. The van der Waals surface area contributed by atoms with Crippen molar-refractivity contribution < 1.29 is 18.7 Å². The van der Waals surface area contributed by atoms with Crippen molar-refractivity contribution in [3.63, 3.8) is 0 Å². The van der Waals surface area contributed by atoms with Crippen LogP contribution in [0, 0.1) is 5.82 Å². The summed E-state index contributed by atoms with van der Waals surface area (Å²) in [5, 5.41) is 2.83. The SMILES string of the molecule is O=C(Nc1ccc2c(c1)OCO2)c1ccc(Cl)cc1F. The van der Waals surface area contributed by atoms with Crippen LogP contribution >= 0.6 is 11.6 Å². The Labute approximate surface area is 119 Å². The van der Waals surface area contributed by atoms with Gasteiger partial charge in [0.25, 0.3) is 5.91 Å². The number of ether oxygens (including phenoxy) is 2. The van der Waals surface area contributed by atoms with E-state index in [2.05, 4.69) is 5.32 Å². The monoisotopic (exact) mass is 293 g/mol. The average molecular weight is 294 g/mol. The Balaban J connectivity index is 1.82. The maximum atomic E-state index is 13.6. The van der Waals surface area contributed by atoms with Crippen LogP contribution in [0.15, 0.2) is 36.4 Å². The van der Waals surface area contributed by atoms with Gasteiger partial charge >= 0.3 is 0 Å². The minimum atomic E-state index is -0.671. The van der Waals surface area contributed by atoms with Gasteiger partial charge < -0.3 is 14.8 Å². The van der Waals surface area contributed by atoms with Crippen LogP contribution in [0.25, 0.3) is 0 Å². The largest absolute Gasteiger partial charge is 0.454 e. The molecule has 1 amide bonds. The second-order valence-electron chi connectivity index (χ2n) is 4.15. The van der Waals surface area contributed by atoms with Crippen LogP contribution in [0.4, 0.5) is 10.1 Å². The Morgan fingerprint density at radius 3 is 2.75 bits per heavy atom. The molecule has 0 atom stereocenters. The van der Waals surface area contributed by atoms with Crippen LogP contribution in [0.1, 0.15) is 10.4 Å². The van der Waals surface area contributed by atoms with Crippen molar-refractivity contribution in [2.75, 3.05) is 12.1 Å². The number of hydrogen-bond acceptors (Lipinski definition) is 3. The van der Waals surface area contributed by atoms with Crippen molar-refractivity contribution >= 4 is 23.2 Å². The van der Waals surface area contributed by atoms with Crippen molar-refractivity contribution in [3.05, 3.63) is 52.8 Å². The van der Waals surface area contributed by atoms with Crippen LogP contribution in [-0.4, -0.2) is 12.7 Å². The molecule has 102 valence electrons. The van der Waals surface area contributed by atoms with Gasteiger partial charge in [-0.05, 0) is 30.3 Å². The van der Waals surface area contributed by atoms with Gasteiger partial charge in [0, 0.05) is 16.8 Å². The molecule has 1 aliphatic rings. The Kier molecular flexibility index (Phi) is 3.20. The summed E-state index contributed by atoms with van der Waals surface area (Å²) in [5.74, 6) is -0.0752. The fraction of sp³-hybridized carbons (Fsp3) is 0.0714. The van der Waals surface area contributed by atoms with E-state index < -0.39 is 11.7 Å². The molecule has 2 aromatic carbocycles. The van der Waals surface area contributed by atoms with E-state index in [1.807, 2.05) is 0 Å². The zero-order valence-corrected chi connectivity index (χ0v) is 10.9. The first-order valence-electron chi connectivity index (χ1n) is 5.79. The summed E-state index contributed by atoms with van der Waals surface area (Å²) in [6.07, 6.45) is 0. The lowest BCUT2D eigenvalue weighted by atomic mass is 10.2. The molecule has 0 radical (unpaired) electrons. The summed E-state index contributed by atoms with van der Waals surface area (Å²) in [6, 6.07) is 8.83. The van der Waals surface area contributed by atoms with Crippen molar-refractivity contribution in [2.24, 2.45) is 0 Å². The maximum Gasteiger partial charge on any atom is 0.258 e. The van der Waals surface area contributed by atoms with Gasteiger partial charge in [-0.3, -0.25) is 4.79 Å². The molecule has 0 saturated heterocycles. The van der Waals surface area contributed by atoms with Crippen LogP contribution in [0.5, 0.6) is 11.5 Å². The highest BCUT2D eigenvalue weighted by molar-refractivity contribution is 6.30. The summed E-state index contributed by atoms with van der Waals surface area (Å²) in [4.78, 5) is 12.0. The minimum absolute atomic E-state index is 0.0768. The number of hydrogen-bond donors (Lipinski definition) is 1. The van der Waals surface area contributed by atoms with Crippen LogP contribution < -0.4 is 14.8 Å². The molecule has 3 rings (SSSR count). The van der Waals surface area contributed by atoms with Gasteiger partial charge in [-0.25, -0.2) is 4.39 Å².